The van der Waals surface area contributed by atoms with Gasteiger partial charge in [0, 0.05) is 11.6 Å². The molecule has 1 aromatic carbocycles. The zero-order chi connectivity index (χ0) is 13.8. The second kappa shape index (κ2) is 6.07. The van der Waals surface area contributed by atoms with Gasteiger partial charge in [0.05, 0.1) is 14.2 Å². The van der Waals surface area contributed by atoms with Gasteiger partial charge in [-0.05, 0) is 45.0 Å². The first-order valence-corrected chi connectivity index (χ1v) is 6.09. The lowest BCUT2D eigenvalue weighted by Crippen LogP contribution is -2.36. The molecule has 0 spiro atoms. The molecule has 1 unspecified atom stereocenters. The first kappa shape index (κ1) is 14.8. The zero-order valence-corrected chi connectivity index (χ0v) is 11.9. The van der Waals surface area contributed by atoms with E-state index in [0.29, 0.717) is 0 Å². The van der Waals surface area contributed by atoms with Crippen LogP contribution in [0.4, 0.5) is 0 Å². The van der Waals surface area contributed by atoms with Crippen LogP contribution in [0.25, 0.3) is 0 Å². The average molecular weight is 252 g/mol. The number of nitrogens with two attached hydrogens (primary N) is 1. The molecule has 0 saturated carbocycles. The maximum atomic E-state index is 6.08. The lowest BCUT2D eigenvalue weighted by atomic mass is 9.92. The minimum atomic E-state index is -0.221. The molecule has 1 rings (SSSR count). The Kier molecular flexibility index (Phi) is 4.99. The molecule has 1 aromatic rings. The van der Waals surface area contributed by atoms with Gasteiger partial charge in [0.25, 0.3) is 0 Å². The summed E-state index contributed by atoms with van der Waals surface area (Å²) in [5.41, 5.74) is 7.01. The van der Waals surface area contributed by atoms with Gasteiger partial charge in [0.1, 0.15) is 0 Å². The summed E-state index contributed by atoms with van der Waals surface area (Å²) >= 11 is 0. The molecule has 4 heteroatoms. The summed E-state index contributed by atoms with van der Waals surface area (Å²) in [6.45, 7) is 4.05. The van der Waals surface area contributed by atoms with Crippen molar-refractivity contribution in [3.8, 4) is 11.5 Å². The van der Waals surface area contributed by atoms with Crippen molar-refractivity contribution in [1.29, 1.82) is 0 Å². The van der Waals surface area contributed by atoms with Crippen molar-refractivity contribution in [2.75, 3.05) is 21.3 Å². The Hall–Kier alpha value is -1.26. The summed E-state index contributed by atoms with van der Waals surface area (Å²) in [5, 5.41) is 3.29. The fourth-order valence-corrected chi connectivity index (χ4v) is 1.98. The van der Waals surface area contributed by atoms with Crippen LogP contribution in [0.1, 0.15) is 31.9 Å². The monoisotopic (exact) mass is 252 g/mol. The van der Waals surface area contributed by atoms with Crippen molar-refractivity contribution in [2.45, 2.75) is 31.8 Å². The quantitative estimate of drug-likeness (QED) is 0.814. The van der Waals surface area contributed by atoms with E-state index >= 15 is 0 Å². The first-order chi connectivity index (χ1) is 8.41. The van der Waals surface area contributed by atoms with Crippen molar-refractivity contribution >= 4 is 0 Å². The zero-order valence-electron chi connectivity index (χ0n) is 11.9. The molecule has 0 bridgehead atoms. The van der Waals surface area contributed by atoms with Crippen molar-refractivity contribution in [1.82, 2.24) is 5.32 Å². The highest BCUT2D eigenvalue weighted by Gasteiger charge is 2.20. The van der Waals surface area contributed by atoms with Gasteiger partial charge in [-0.3, -0.25) is 0 Å². The Balaban J connectivity index is 3.00. The molecule has 0 aliphatic carbocycles. The summed E-state index contributed by atoms with van der Waals surface area (Å²) in [6.07, 6.45) is 0.846. The number of hydrogen-bond donors (Lipinski definition) is 2. The Bertz CT molecular complexity index is 386. The standard InChI is InChI=1S/C14H24N2O2/c1-14(2,15)9-11(16-3)10-6-7-12(17-4)13(8-10)18-5/h6-8,11,16H,9,15H2,1-5H3. The number of ether oxygens (including phenoxy) is 2. The fourth-order valence-electron chi connectivity index (χ4n) is 1.98. The molecule has 0 aliphatic heterocycles. The third-order valence-electron chi connectivity index (χ3n) is 2.89. The number of nitrogens with one attached hydrogen (secondary N) is 1. The minimum absolute atomic E-state index is 0.199. The summed E-state index contributed by atoms with van der Waals surface area (Å²) in [6, 6.07) is 6.15. The molecular formula is C14H24N2O2. The molecule has 0 amide bonds. The minimum Gasteiger partial charge on any atom is -0.493 e. The van der Waals surface area contributed by atoms with Crippen molar-refractivity contribution < 1.29 is 9.47 Å². The van der Waals surface area contributed by atoms with E-state index < -0.39 is 0 Å². The molecule has 102 valence electrons. The van der Waals surface area contributed by atoms with Crippen LogP contribution in [0.2, 0.25) is 0 Å². The molecular weight excluding hydrogens is 228 g/mol. The summed E-state index contributed by atoms with van der Waals surface area (Å²) < 4.78 is 10.6. The van der Waals surface area contributed by atoms with Gasteiger partial charge in [0.2, 0.25) is 0 Å². The van der Waals surface area contributed by atoms with E-state index in [1.807, 2.05) is 39.1 Å². The van der Waals surface area contributed by atoms with Crippen LogP contribution >= 0.6 is 0 Å². The van der Waals surface area contributed by atoms with E-state index in [1.54, 1.807) is 14.2 Å². The summed E-state index contributed by atoms with van der Waals surface area (Å²) in [5.74, 6) is 1.48. The fraction of sp³-hybridized carbons (Fsp3) is 0.571. The Morgan fingerprint density at radius 3 is 2.28 bits per heavy atom. The molecule has 0 fully saturated rings. The lowest BCUT2D eigenvalue weighted by Gasteiger charge is -2.26. The van der Waals surface area contributed by atoms with E-state index in [1.165, 1.54) is 0 Å². The van der Waals surface area contributed by atoms with Crippen LogP contribution in [-0.2, 0) is 0 Å². The van der Waals surface area contributed by atoms with Gasteiger partial charge in [-0.2, -0.15) is 0 Å². The number of methoxy groups -OCH3 is 2. The van der Waals surface area contributed by atoms with Crippen LogP contribution in [0.15, 0.2) is 18.2 Å². The highest BCUT2D eigenvalue weighted by Crippen LogP contribution is 2.31. The van der Waals surface area contributed by atoms with Gasteiger partial charge in [-0.1, -0.05) is 6.07 Å². The van der Waals surface area contributed by atoms with Gasteiger partial charge >= 0.3 is 0 Å². The maximum absolute atomic E-state index is 6.08. The van der Waals surface area contributed by atoms with Gasteiger partial charge in [-0.25, -0.2) is 0 Å². The van der Waals surface area contributed by atoms with Crippen LogP contribution in [0.5, 0.6) is 11.5 Å². The van der Waals surface area contributed by atoms with E-state index in [0.717, 1.165) is 23.5 Å². The predicted octanol–water partition coefficient (Wildman–Crippen LogP) is 2.09. The highest BCUT2D eigenvalue weighted by molar-refractivity contribution is 5.43. The second-order valence-electron chi connectivity index (χ2n) is 5.15. The van der Waals surface area contributed by atoms with Crippen LogP contribution < -0.4 is 20.5 Å². The molecule has 0 aromatic heterocycles. The smallest absolute Gasteiger partial charge is 0.161 e. The SMILES string of the molecule is CNC(CC(C)(C)N)c1ccc(OC)c(OC)c1. The Morgan fingerprint density at radius 2 is 1.83 bits per heavy atom. The molecule has 3 N–H and O–H groups in total. The number of rotatable bonds is 6. The number of hydrogen-bond acceptors (Lipinski definition) is 4. The highest BCUT2D eigenvalue weighted by atomic mass is 16.5. The summed E-state index contributed by atoms with van der Waals surface area (Å²) in [4.78, 5) is 0. The largest absolute Gasteiger partial charge is 0.493 e. The molecule has 4 nitrogen and oxygen atoms in total. The Labute approximate surface area is 109 Å². The lowest BCUT2D eigenvalue weighted by molar-refractivity contribution is 0.352. The normalized spacial score (nSPS) is 13.2. The predicted molar refractivity (Wildman–Crippen MR) is 74.2 cm³/mol. The summed E-state index contributed by atoms with van der Waals surface area (Å²) in [7, 11) is 5.21. The molecule has 0 saturated heterocycles. The van der Waals surface area contributed by atoms with E-state index in [4.69, 9.17) is 15.2 Å². The van der Waals surface area contributed by atoms with Crippen molar-refractivity contribution in [2.24, 2.45) is 5.73 Å². The van der Waals surface area contributed by atoms with Gasteiger partial charge in [0.15, 0.2) is 11.5 Å². The molecule has 1 atom stereocenters. The topological polar surface area (TPSA) is 56.5 Å². The molecule has 0 radical (unpaired) electrons. The number of benzene rings is 1. The van der Waals surface area contributed by atoms with E-state index in [-0.39, 0.29) is 11.6 Å². The van der Waals surface area contributed by atoms with Crippen molar-refractivity contribution in [3.05, 3.63) is 23.8 Å². The average Bonchev–Trinajstić information content (AvgIpc) is 2.34. The van der Waals surface area contributed by atoms with Crippen LogP contribution in [0, 0.1) is 0 Å². The van der Waals surface area contributed by atoms with E-state index in [2.05, 4.69) is 5.32 Å². The molecule has 0 aliphatic rings. The van der Waals surface area contributed by atoms with Gasteiger partial charge in [-0.15, -0.1) is 0 Å². The maximum Gasteiger partial charge on any atom is 0.161 e. The first-order valence-electron chi connectivity index (χ1n) is 6.09. The molecule has 0 heterocycles. The second-order valence-corrected chi connectivity index (χ2v) is 5.15. The van der Waals surface area contributed by atoms with Crippen LogP contribution in [-0.4, -0.2) is 26.8 Å². The molecule has 18 heavy (non-hydrogen) atoms. The van der Waals surface area contributed by atoms with Gasteiger partial charge < -0.3 is 20.5 Å². The van der Waals surface area contributed by atoms with E-state index in [9.17, 15) is 0 Å². The van der Waals surface area contributed by atoms with Crippen LogP contribution in [0.3, 0.4) is 0 Å². The third-order valence-corrected chi connectivity index (χ3v) is 2.89. The van der Waals surface area contributed by atoms with Crippen molar-refractivity contribution in [3.63, 3.8) is 0 Å². The Morgan fingerprint density at radius 1 is 1.22 bits per heavy atom. The third kappa shape index (κ3) is 3.89.